The molecule has 1 N–H and O–H groups in total. The van der Waals surface area contributed by atoms with Gasteiger partial charge in [-0.15, -0.1) is 0 Å². The van der Waals surface area contributed by atoms with Gasteiger partial charge < -0.3 is 10.1 Å². The lowest BCUT2D eigenvalue weighted by Gasteiger charge is -2.10. The largest absolute Gasteiger partial charge is 0.494 e. The molecular formula is C20H25NO2. The maximum absolute atomic E-state index is 12.3. The van der Waals surface area contributed by atoms with Crippen LogP contribution in [0.5, 0.6) is 5.75 Å². The van der Waals surface area contributed by atoms with Crippen LogP contribution in [0.1, 0.15) is 41.8 Å². The van der Waals surface area contributed by atoms with Crippen molar-refractivity contribution in [1.29, 1.82) is 0 Å². The van der Waals surface area contributed by atoms with E-state index in [2.05, 4.69) is 25.2 Å². The molecule has 0 bridgehead atoms. The minimum Gasteiger partial charge on any atom is -0.494 e. The average Bonchev–Trinajstić information content (AvgIpc) is 2.50. The predicted octanol–water partition coefficient (Wildman–Crippen LogP) is 4.98. The number of rotatable bonds is 6. The minimum atomic E-state index is -0.106. The van der Waals surface area contributed by atoms with Gasteiger partial charge in [0.2, 0.25) is 0 Å². The van der Waals surface area contributed by atoms with Gasteiger partial charge in [-0.3, -0.25) is 4.79 Å². The van der Waals surface area contributed by atoms with Crippen LogP contribution < -0.4 is 10.1 Å². The first-order valence-corrected chi connectivity index (χ1v) is 8.07. The van der Waals surface area contributed by atoms with Crippen molar-refractivity contribution in [2.45, 2.75) is 34.1 Å². The summed E-state index contributed by atoms with van der Waals surface area (Å²) in [6.45, 7) is 9.07. The fraction of sp³-hybridized carbons (Fsp3) is 0.350. The van der Waals surface area contributed by atoms with E-state index in [1.807, 2.05) is 38.1 Å². The molecule has 0 aromatic heterocycles. The van der Waals surface area contributed by atoms with Crippen molar-refractivity contribution in [3.63, 3.8) is 0 Å². The Kier molecular flexibility index (Phi) is 5.80. The normalized spacial score (nSPS) is 10.7. The predicted molar refractivity (Wildman–Crippen MR) is 95.3 cm³/mol. The summed E-state index contributed by atoms with van der Waals surface area (Å²) in [5.74, 6) is 1.32. The summed E-state index contributed by atoms with van der Waals surface area (Å²) >= 11 is 0. The number of hydrogen-bond acceptors (Lipinski definition) is 2. The van der Waals surface area contributed by atoms with Crippen molar-refractivity contribution in [3.05, 3.63) is 59.2 Å². The van der Waals surface area contributed by atoms with Gasteiger partial charge >= 0.3 is 0 Å². The Morgan fingerprint density at radius 3 is 2.39 bits per heavy atom. The Labute approximate surface area is 138 Å². The van der Waals surface area contributed by atoms with E-state index in [4.69, 9.17) is 4.74 Å². The summed E-state index contributed by atoms with van der Waals surface area (Å²) in [6, 6.07) is 13.3. The second kappa shape index (κ2) is 7.82. The van der Waals surface area contributed by atoms with Crippen LogP contribution in [-0.2, 0) is 0 Å². The Hall–Kier alpha value is -2.29. The number of ether oxygens (including phenoxy) is 1. The third-order valence-electron chi connectivity index (χ3n) is 3.71. The highest BCUT2D eigenvalue weighted by Gasteiger charge is 2.08. The Balaban J connectivity index is 1.97. The number of benzene rings is 2. The lowest BCUT2D eigenvalue weighted by molar-refractivity contribution is 0.102. The highest BCUT2D eigenvalue weighted by atomic mass is 16.5. The zero-order chi connectivity index (χ0) is 16.8. The number of anilines is 1. The van der Waals surface area contributed by atoms with Gasteiger partial charge in [0.05, 0.1) is 6.61 Å². The van der Waals surface area contributed by atoms with E-state index < -0.39 is 0 Å². The Bertz CT molecular complexity index is 660. The van der Waals surface area contributed by atoms with E-state index in [1.54, 1.807) is 12.1 Å². The quantitative estimate of drug-likeness (QED) is 0.817. The van der Waals surface area contributed by atoms with E-state index >= 15 is 0 Å². The Morgan fingerprint density at radius 1 is 1.09 bits per heavy atom. The lowest BCUT2D eigenvalue weighted by atomic mass is 10.1. The molecule has 0 atom stereocenters. The van der Waals surface area contributed by atoms with Gasteiger partial charge in [0, 0.05) is 11.3 Å². The van der Waals surface area contributed by atoms with E-state index in [1.165, 1.54) is 5.56 Å². The summed E-state index contributed by atoms with van der Waals surface area (Å²) in [5, 5.41) is 2.95. The summed E-state index contributed by atoms with van der Waals surface area (Å²) in [6.07, 6.45) is 1.02. The molecule has 0 spiro atoms. The summed E-state index contributed by atoms with van der Waals surface area (Å²) in [5.41, 5.74) is 3.72. The van der Waals surface area contributed by atoms with Gasteiger partial charge in [-0.05, 0) is 62.1 Å². The van der Waals surface area contributed by atoms with Crippen LogP contribution in [-0.4, -0.2) is 12.5 Å². The van der Waals surface area contributed by atoms with Gasteiger partial charge in [0.1, 0.15) is 5.75 Å². The zero-order valence-corrected chi connectivity index (χ0v) is 14.3. The highest BCUT2D eigenvalue weighted by molar-refractivity contribution is 6.04. The summed E-state index contributed by atoms with van der Waals surface area (Å²) in [7, 11) is 0. The van der Waals surface area contributed by atoms with Crippen LogP contribution in [0.2, 0.25) is 0 Å². The number of carbonyl (C=O) groups excluding carboxylic acids is 1. The molecule has 0 saturated heterocycles. The first-order chi connectivity index (χ1) is 11.0. The van der Waals surface area contributed by atoms with E-state index in [-0.39, 0.29) is 5.91 Å². The number of aryl methyl sites for hydroxylation is 2. The van der Waals surface area contributed by atoms with Gasteiger partial charge in [-0.2, -0.15) is 0 Å². The van der Waals surface area contributed by atoms with E-state index in [9.17, 15) is 4.79 Å². The van der Waals surface area contributed by atoms with Crippen molar-refractivity contribution in [2.75, 3.05) is 11.9 Å². The summed E-state index contributed by atoms with van der Waals surface area (Å²) < 4.78 is 5.67. The van der Waals surface area contributed by atoms with Crippen molar-refractivity contribution < 1.29 is 9.53 Å². The Morgan fingerprint density at radius 2 is 1.78 bits per heavy atom. The third kappa shape index (κ3) is 5.13. The van der Waals surface area contributed by atoms with E-state index in [0.29, 0.717) is 18.1 Å². The fourth-order valence-electron chi connectivity index (χ4n) is 2.26. The molecule has 0 heterocycles. The third-order valence-corrected chi connectivity index (χ3v) is 3.71. The number of carbonyl (C=O) groups is 1. The number of nitrogens with one attached hydrogen (secondary N) is 1. The van der Waals surface area contributed by atoms with Crippen LogP contribution in [0.3, 0.4) is 0 Å². The van der Waals surface area contributed by atoms with Crippen LogP contribution in [0, 0.1) is 19.8 Å². The first-order valence-electron chi connectivity index (χ1n) is 8.07. The molecular weight excluding hydrogens is 286 g/mol. The maximum atomic E-state index is 12.3. The van der Waals surface area contributed by atoms with E-state index in [0.717, 1.165) is 23.4 Å². The minimum absolute atomic E-state index is 0.106. The van der Waals surface area contributed by atoms with Crippen LogP contribution in [0.4, 0.5) is 5.69 Å². The zero-order valence-electron chi connectivity index (χ0n) is 14.3. The van der Waals surface area contributed by atoms with Crippen LogP contribution in [0.15, 0.2) is 42.5 Å². The molecule has 1 amide bonds. The first kappa shape index (κ1) is 17.1. The monoisotopic (exact) mass is 311 g/mol. The van der Waals surface area contributed by atoms with Crippen molar-refractivity contribution >= 4 is 11.6 Å². The maximum Gasteiger partial charge on any atom is 0.255 e. The molecule has 3 nitrogen and oxygen atoms in total. The number of hydrogen-bond donors (Lipinski definition) is 1. The SMILES string of the molecule is Cc1ccc(NC(=O)c2ccc(OCCC(C)C)cc2)c(C)c1. The van der Waals surface area contributed by atoms with Gasteiger partial charge in [-0.1, -0.05) is 31.5 Å². The molecule has 2 aromatic rings. The fourth-order valence-corrected chi connectivity index (χ4v) is 2.26. The molecule has 0 aliphatic heterocycles. The number of amides is 1. The lowest BCUT2D eigenvalue weighted by Crippen LogP contribution is -2.12. The molecule has 0 aliphatic carbocycles. The second-order valence-electron chi connectivity index (χ2n) is 6.33. The van der Waals surface area contributed by atoms with Crippen molar-refractivity contribution in [2.24, 2.45) is 5.92 Å². The molecule has 0 unspecified atom stereocenters. The molecule has 23 heavy (non-hydrogen) atoms. The molecule has 0 saturated carbocycles. The van der Waals surface area contributed by atoms with Crippen LogP contribution in [0.25, 0.3) is 0 Å². The molecule has 2 rings (SSSR count). The second-order valence-corrected chi connectivity index (χ2v) is 6.33. The van der Waals surface area contributed by atoms with Gasteiger partial charge in [0.15, 0.2) is 0 Å². The summed E-state index contributed by atoms with van der Waals surface area (Å²) in [4.78, 5) is 12.3. The van der Waals surface area contributed by atoms with Gasteiger partial charge in [0.25, 0.3) is 5.91 Å². The molecule has 0 aliphatic rings. The molecule has 0 fully saturated rings. The van der Waals surface area contributed by atoms with Crippen molar-refractivity contribution in [1.82, 2.24) is 0 Å². The molecule has 2 aromatic carbocycles. The standard InChI is InChI=1S/C20H25NO2/c1-14(2)11-12-23-18-8-6-17(7-9-18)20(22)21-19-10-5-15(3)13-16(19)4/h5-10,13-14H,11-12H2,1-4H3,(H,21,22). The highest BCUT2D eigenvalue weighted by Crippen LogP contribution is 2.18. The van der Waals surface area contributed by atoms with Crippen LogP contribution >= 0.6 is 0 Å². The smallest absolute Gasteiger partial charge is 0.255 e. The molecule has 122 valence electrons. The molecule has 0 radical (unpaired) electrons. The van der Waals surface area contributed by atoms with Gasteiger partial charge in [-0.25, -0.2) is 0 Å². The molecule has 3 heteroatoms. The average molecular weight is 311 g/mol. The topological polar surface area (TPSA) is 38.3 Å². The van der Waals surface area contributed by atoms with Crippen molar-refractivity contribution in [3.8, 4) is 5.75 Å².